The van der Waals surface area contributed by atoms with Crippen molar-refractivity contribution in [2.24, 2.45) is 5.29 Å². The van der Waals surface area contributed by atoms with Gasteiger partial charge in [0, 0.05) is 5.39 Å². The van der Waals surface area contributed by atoms with Gasteiger partial charge in [0.05, 0.1) is 36.6 Å². The molecule has 2 aromatic rings. The van der Waals surface area contributed by atoms with Crippen LogP contribution in [0.1, 0.15) is 31.0 Å². The van der Waals surface area contributed by atoms with Gasteiger partial charge >= 0.3 is 5.97 Å². The average molecular weight is 302 g/mol. The van der Waals surface area contributed by atoms with Crippen molar-refractivity contribution in [3.05, 3.63) is 40.4 Å². The molecule has 1 aromatic carbocycles. The third kappa shape index (κ3) is 2.02. The number of ether oxygens (including phenoxy) is 2. The molecule has 1 unspecified atom stereocenters. The average Bonchev–Trinajstić information content (AvgIpc) is 2.90. The maximum Gasteiger partial charge on any atom is 0.308 e. The van der Waals surface area contributed by atoms with Crippen LogP contribution < -0.4 is 0 Å². The first-order chi connectivity index (χ1) is 10.7. The Balaban J connectivity index is 2.28. The van der Waals surface area contributed by atoms with Gasteiger partial charge in [-0.3, -0.25) is 4.79 Å². The van der Waals surface area contributed by atoms with E-state index in [4.69, 9.17) is 9.47 Å². The first kappa shape index (κ1) is 14.7. The molecular weight excluding hydrogens is 284 g/mol. The van der Waals surface area contributed by atoms with Gasteiger partial charge in [0.1, 0.15) is 5.60 Å². The second-order valence-electron chi connectivity index (χ2n) is 5.44. The van der Waals surface area contributed by atoms with Crippen LogP contribution in [0.2, 0.25) is 0 Å². The summed E-state index contributed by atoms with van der Waals surface area (Å²) in [7, 11) is 1.35. The first-order valence-corrected chi connectivity index (χ1v) is 7.34. The minimum atomic E-state index is -0.867. The lowest BCUT2D eigenvalue weighted by Crippen LogP contribution is -2.38. The van der Waals surface area contributed by atoms with Gasteiger partial charge in [0.15, 0.2) is 0 Å². The van der Waals surface area contributed by atoms with Crippen molar-refractivity contribution in [1.82, 2.24) is 4.68 Å². The Bertz CT molecular complexity index is 737. The summed E-state index contributed by atoms with van der Waals surface area (Å²) >= 11 is 0. The lowest BCUT2D eigenvalue weighted by Gasteiger charge is -2.36. The molecule has 0 saturated carbocycles. The van der Waals surface area contributed by atoms with Crippen LogP contribution in [0.15, 0.2) is 29.6 Å². The molecular formula is C16H18N2O4. The van der Waals surface area contributed by atoms with E-state index in [0.29, 0.717) is 25.1 Å². The highest BCUT2D eigenvalue weighted by molar-refractivity contribution is 5.86. The van der Waals surface area contributed by atoms with Crippen LogP contribution in [-0.2, 0) is 26.3 Å². The number of rotatable bonds is 4. The highest BCUT2D eigenvalue weighted by Crippen LogP contribution is 2.43. The standard InChI is InChI=1S/C16H18N2O4/c1-3-16(10-14(19)21-2)15-12(8-9-22-16)11-6-4-5-7-13(11)18(15)17-20/h4-7H,3,8-10H2,1-2H3. The second kappa shape index (κ2) is 5.53. The molecule has 1 atom stereocenters. The van der Waals surface area contributed by atoms with Crippen LogP contribution in [0.5, 0.6) is 0 Å². The van der Waals surface area contributed by atoms with E-state index in [1.54, 1.807) is 0 Å². The molecule has 0 amide bonds. The number of carbonyl (C=O) groups is 1. The SMILES string of the molecule is CCC1(CC(=O)OC)OCCc2c1n(N=O)c1ccccc21. The normalized spacial score (nSPS) is 20.6. The maximum atomic E-state index is 11.8. The number of hydrogen-bond acceptors (Lipinski definition) is 5. The van der Waals surface area contributed by atoms with Crippen molar-refractivity contribution in [1.29, 1.82) is 0 Å². The van der Waals surface area contributed by atoms with Crippen molar-refractivity contribution in [2.75, 3.05) is 13.7 Å². The fraction of sp³-hybridized carbons (Fsp3) is 0.438. The van der Waals surface area contributed by atoms with E-state index in [0.717, 1.165) is 16.5 Å². The van der Waals surface area contributed by atoms with Crippen molar-refractivity contribution < 1.29 is 14.3 Å². The summed E-state index contributed by atoms with van der Waals surface area (Å²) in [5.74, 6) is -0.364. The molecule has 0 radical (unpaired) electrons. The molecule has 0 fully saturated rings. The number of nitroso groups, excluding NO2 is 1. The van der Waals surface area contributed by atoms with Crippen LogP contribution in [-0.4, -0.2) is 24.4 Å². The zero-order valence-corrected chi connectivity index (χ0v) is 12.7. The number of para-hydroxylation sites is 1. The van der Waals surface area contributed by atoms with Crippen LogP contribution >= 0.6 is 0 Å². The predicted octanol–water partition coefficient (Wildman–Crippen LogP) is 2.91. The van der Waals surface area contributed by atoms with E-state index in [1.165, 1.54) is 11.8 Å². The van der Waals surface area contributed by atoms with E-state index >= 15 is 0 Å². The number of esters is 1. The van der Waals surface area contributed by atoms with Gasteiger partial charge in [-0.15, -0.1) is 4.91 Å². The zero-order valence-electron chi connectivity index (χ0n) is 12.7. The predicted molar refractivity (Wildman–Crippen MR) is 81.4 cm³/mol. The van der Waals surface area contributed by atoms with Crippen molar-refractivity contribution in [2.45, 2.75) is 31.8 Å². The molecule has 0 aliphatic carbocycles. The summed E-state index contributed by atoms with van der Waals surface area (Å²) in [6, 6.07) is 7.62. The van der Waals surface area contributed by atoms with Gasteiger partial charge < -0.3 is 9.47 Å². The third-order valence-corrected chi connectivity index (χ3v) is 4.43. The molecule has 1 aromatic heterocycles. The topological polar surface area (TPSA) is 69.9 Å². The Morgan fingerprint density at radius 3 is 2.91 bits per heavy atom. The number of fused-ring (bicyclic) bond motifs is 3. The summed E-state index contributed by atoms with van der Waals surface area (Å²) in [5.41, 5.74) is 1.60. The fourth-order valence-electron chi connectivity index (χ4n) is 3.35. The van der Waals surface area contributed by atoms with Crippen molar-refractivity contribution in [3.8, 4) is 0 Å². The highest BCUT2D eigenvalue weighted by atomic mass is 16.5. The van der Waals surface area contributed by atoms with Crippen LogP contribution in [0.4, 0.5) is 0 Å². The van der Waals surface area contributed by atoms with Gasteiger partial charge in [-0.2, -0.15) is 4.68 Å². The number of carbonyl (C=O) groups excluding carboxylic acids is 1. The summed E-state index contributed by atoms with van der Waals surface area (Å²) in [5, 5.41) is 4.17. The molecule has 116 valence electrons. The molecule has 0 bridgehead atoms. The summed E-state index contributed by atoms with van der Waals surface area (Å²) < 4.78 is 12.1. The summed E-state index contributed by atoms with van der Waals surface area (Å²) in [6.45, 7) is 2.44. The smallest absolute Gasteiger partial charge is 0.308 e. The van der Waals surface area contributed by atoms with Crippen LogP contribution in [0.25, 0.3) is 10.9 Å². The Morgan fingerprint density at radius 2 is 2.23 bits per heavy atom. The van der Waals surface area contributed by atoms with Gasteiger partial charge in [0.2, 0.25) is 0 Å². The number of benzene rings is 1. The molecule has 2 heterocycles. The first-order valence-electron chi connectivity index (χ1n) is 7.34. The molecule has 0 saturated heterocycles. The number of nitrogens with zero attached hydrogens (tertiary/aromatic N) is 2. The summed E-state index contributed by atoms with van der Waals surface area (Å²) in [4.78, 5) is 23.3. The van der Waals surface area contributed by atoms with Crippen molar-refractivity contribution >= 4 is 16.9 Å². The van der Waals surface area contributed by atoms with E-state index in [2.05, 4.69) is 5.29 Å². The Hall–Kier alpha value is -2.21. The molecule has 3 rings (SSSR count). The lowest BCUT2D eigenvalue weighted by atomic mass is 9.86. The minimum Gasteiger partial charge on any atom is -0.469 e. The van der Waals surface area contributed by atoms with E-state index in [1.807, 2.05) is 31.2 Å². The van der Waals surface area contributed by atoms with Crippen LogP contribution in [0, 0.1) is 4.91 Å². The van der Waals surface area contributed by atoms with Gasteiger partial charge in [0.25, 0.3) is 0 Å². The quantitative estimate of drug-likeness (QED) is 0.643. The highest BCUT2D eigenvalue weighted by Gasteiger charge is 2.43. The molecule has 0 N–H and O–H groups in total. The van der Waals surface area contributed by atoms with E-state index < -0.39 is 5.60 Å². The van der Waals surface area contributed by atoms with Gasteiger partial charge in [-0.05, 0) is 24.5 Å². The molecule has 6 heteroatoms. The number of aromatic nitrogens is 1. The third-order valence-electron chi connectivity index (χ3n) is 4.43. The number of methoxy groups -OCH3 is 1. The molecule has 1 aliphatic rings. The Morgan fingerprint density at radius 1 is 1.45 bits per heavy atom. The minimum absolute atomic E-state index is 0.0683. The molecule has 6 nitrogen and oxygen atoms in total. The Kier molecular flexibility index (Phi) is 3.70. The fourth-order valence-corrected chi connectivity index (χ4v) is 3.35. The largest absolute Gasteiger partial charge is 0.469 e. The molecule has 22 heavy (non-hydrogen) atoms. The Labute approximate surface area is 127 Å². The van der Waals surface area contributed by atoms with Crippen molar-refractivity contribution in [3.63, 3.8) is 0 Å². The molecule has 1 aliphatic heterocycles. The van der Waals surface area contributed by atoms with E-state index in [-0.39, 0.29) is 12.4 Å². The van der Waals surface area contributed by atoms with Gasteiger partial charge in [-0.25, -0.2) is 0 Å². The lowest BCUT2D eigenvalue weighted by molar-refractivity contribution is -0.152. The number of hydrogen-bond donors (Lipinski definition) is 0. The van der Waals surface area contributed by atoms with E-state index in [9.17, 15) is 9.70 Å². The monoisotopic (exact) mass is 302 g/mol. The zero-order chi connectivity index (χ0) is 15.7. The summed E-state index contributed by atoms with van der Waals surface area (Å²) in [6.07, 6.45) is 1.32. The van der Waals surface area contributed by atoms with Gasteiger partial charge in [-0.1, -0.05) is 25.1 Å². The molecule has 0 spiro atoms. The maximum absolute atomic E-state index is 11.8. The second-order valence-corrected chi connectivity index (χ2v) is 5.44. The van der Waals surface area contributed by atoms with Crippen LogP contribution in [0.3, 0.4) is 0 Å².